The van der Waals surface area contributed by atoms with Gasteiger partial charge in [0.2, 0.25) is 0 Å². The Hall–Kier alpha value is -1.38. The summed E-state index contributed by atoms with van der Waals surface area (Å²) in [4.78, 5) is 11.4. The van der Waals surface area contributed by atoms with E-state index in [9.17, 15) is 4.79 Å². The second-order valence-electron chi connectivity index (χ2n) is 3.69. The summed E-state index contributed by atoms with van der Waals surface area (Å²) in [7, 11) is 0.470. The number of ether oxygens (including phenoxy) is 1. The molecule has 1 atom stereocenters. The van der Waals surface area contributed by atoms with Crippen molar-refractivity contribution in [2.24, 2.45) is 0 Å². The van der Waals surface area contributed by atoms with E-state index in [1.165, 1.54) is 0 Å². The van der Waals surface area contributed by atoms with E-state index in [1.807, 2.05) is 36.4 Å². The minimum absolute atomic E-state index is 0.183. The van der Waals surface area contributed by atoms with Gasteiger partial charge in [0.1, 0.15) is 6.61 Å². The van der Waals surface area contributed by atoms with Crippen molar-refractivity contribution in [2.45, 2.75) is 13.5 Å². The third-order valence-electron chi connectivity index (χ3n) is 2.18. The fourth-order valence-electron chi connectivity index (χ4n) is 1.26. The number of hydrogen-bond acceptors (Lipinski definition) is 3. The Bertz CT molecular complexity index is 392. The highest BCUT2D eigenvalue weighted by Crippen LogP contribution is 2.07. The zero-order valence-corrected chi connectivity index (χ0v) is 11.3. The van der Waals surface area contributed by atoms with Gasteiger partial charge in [-0.2, -0.15) is 0 Å². The topological polar surface area (TPSA) is 58.6 Å². The van der Waals surface area contributed by atoms with E-state index in [4.69, 9.17) is 9.84 Å². The third-order valence-corrected chi connectivity index (χ3v) is 2.89. The molecule has 0 radical (unpaired) electrons. The van der Waals surface area contributed by atoms with E-state index in [-0.39, 0.29) is 13.0 Å². The van der Waals surface area contributed by atoms with Crippen LogP contribution in [0.15, 0.2) is 42.1 Å². The molecule has 0 spiro atoms. The van der Waals surface area contributed by atoms with E-state index in [1.54, 1.807) is 6.92 Å². The molecule has 0 aliphatic rings. The Kier molecular flexibility index (Phi) is 7.07. The standard InChI is InChI=1S/C13H18NO3P/c1-11(7-8-18-10-15)14-13(16)17-9-12-5-3-2-4-6-12/h2-7,15,18H,8-10H2,1H3,(H,14,16)/b11-7-. The monoisotopic (exact) mass is 267 g/mol. The third kappa shape index (κ3) is 6.38. The number of aliphatic hydroxyl groups is 1. The maximum absolute atomic E-state index is 11.4. The molecule has 5 heteroatoms. The number of hydrogen-bond donors (Lipinski definition) is 2. The first-order valence-electron chi connectivity index (χ1n) is 5.68. The maximum Gasteiger partial charge on any atom is 0.411 e. The van der Waals surface area contributed by atoms with Gasteiger partial charge in [0, 0.05) is 5.70 Å². The van der Waals surface area contributed by atoms with Gasteiger partial charge in [0.15, 0.2) is 0 Å². The first kappa shape index (κ1) is 14.7. The molecule has 1 amide bonds. The van der Waals surface area contributed by atoms with Crippen LogP contribution in [0.5, 0.6) is 0 Å². The van der Waals surface area contributed by atoms with Gasteiger partial charge in [0.25, 0.3) is 0 Å². The fraction of sp³-hybridized carbons (Fsp3) is 0.308. The van der Waals surface area contributed by atoms with Gasteiger partial charge in [0.05, 0.1) is 6.35 Å². The van der Waals surface area contributed by atoms with Crippen molar-refractivity contribution in [3.05, 3.63) is 47.7 Å². The molecule has 0 saturated heterocycles. The van der Waals surface area contributed by atoms with Crippen LogP contribution in [-0.2, 0) is 11.3 Å². The van der Waals surface area contributed by atoms with Crippen LogP contribution in [0.25, 0.3) is 0 Å². The molecular formula is C13H18NO3P. The van der Waals surface area contributed by atoms with Crippen LogP contribution in [0.3, 0.4) is 0 Å². The lowest BCUT2D eigenvalue weighted by molar-refractivity contribution is 0.142. The molecule has 0 aliphatic carbocycles. The van der Waals surface area contributed by atoms with Crippen molar-refractivity contribution in [2.75, 3.05) is 12.5 Å². The van der Waals surface area contributed by atoms with Crippen molar-refractivity contribution >= 4 is 14.7 Å². The molecule has 1 unspecified atom stereocenters. The van der Waals surface area contributed by atoms with E-state index < -0.39 is 6.09 Å². The van der Waals surface area contributed by atoms with Crippen molar-refractivity contribution < 1.29 is 14.6 Å². The molecule has 0 aliphatic heterocycles. The SMILES string of the molecule is C/C(=C/CPCO)NC(=O)OCc1ccccc1. The lowest BCUT2D eigenvalue weighted by atomic mass is 10.2. The Morgan fingerprint density at radius 2 is 2.17 bits per heavy atom. The van der Waals surface area contributed by atoms with E-state index in [0.717, 1.165) is 17.4 Å². The summed E-state index contributed by atoms with van der Waals surface area (Å²) in [5, 5.41) is 11.3. The van der Waals surface area contributed by atoms with Crippen LogP contribution in [0.1, 0.15) is 12.5 Å². The Labute approximate surface area is 109 Å². The highest BCUT2D eigenvalue weighted by atomic mass is 31.1. The molecule has 0 heterocycles. The number of allylic oxidation sites excluding steroid dienone is 2. The summed E-state index contributed by atoms with van der Waals surface area (Å²) in [5.41, 5.74) is 1.70. The predicted molar refractivity (Wildman–Crippen MR) is 73.8 cm³/mol. The summed E-state index contributed by atoms with van der Waals surface area (Å²) < 4.78 is 5.07. The summed E-state index contributed by atoms with van der Waals surface area (Å²) in [6, 6.07) is 9.52. The number of alkyl carbamates (subject to hydrolysis) is 1. The fourth-order valence-corrected chi connectivity index (χ4v) is 1.84. The Balaban J connectivity index is 2.27. The van der Waals surface area contributed by atoms with Gasteiger partial charge in [-0.3, -0.25) is 5.32 Å². The summed E-state index contributed by atoms with van der Waals surface area (Å²) in [6.07, 6.45) is 2.36. The molecule has 98 valence electrons. The molecule has 4 nitrogen and oxygen atoms in total. The van der Waals surface area contributed by atoms with Crippen LogP contribution in [-0.4, -0.2) is 23.7 Å². The quantitative estimate of drug-likeness (QED) is 0.615. The number of aliphatic hydroxyl groups excluding tert-OH is 1. The van der Waals surface area contributed by atoms with Gasteiger partial charge in [-0.05, 0) is 18.6 Å². The first-order chi connectivity index (χ1) is 8.72. The second kappa shape index (κ2) is 8.67. The zero-order valence-electron chi connectivity index (χ0n) is 10.3. The van der Waals surface area contributed by atoms with Crippen LogP contribution >= 0.6 is 8.58 Å². The minimum Gasteiger partial charge on any atom is -0.444 e. The maximum atomic E-state index is 11.4. The molecule has 0 aromatic heterocycles. The van der Waals surface area contributed by atoms with Gasteiger partial charge in [-0.1, -0.05) is 45.0 Å². The van der Waals surface area contributed by atoms with Gasteiger partial charge in [-0.15, -0.1) is 0 Å². The summed E-state index contributed by atoms with van der Waals surface area (Å²) in [6.45, 7) is 2.06. The predicted octanol–water partition coefficient (Wildman–Crippen LogP) is 2.44. The lowest BCUT2D eigenvalue weighted by Gasteiger charge is -2.07. The zero-order chi connectivity index (χ0) is 13.2. The molecular weight excluding hydrogens is 249 g/mol. The van der Waals surface area contributed by atoms with Gasteiger partial charge >= 0.3 is 6.09 Å². The molecule has 0 bridgehead atoms. The number of carbonyl (C=O) groups is 1. The first-order valence-corrected chi connectivity index (χ1v) is 7.10. The molecule has 0 fully saturated rings. The van der Waals surface area contributed by atoms with Crippen molar-refractivity contribution in [3.63, 3.8) is 0 Å². The van der Waals surface area contributed by atoms with Crippen molar-refractivity contribution in [3.8, 4) is 0 Å². The van der Waals surface area contributed by atoms with E-state index in [2.05, 4.69) is 5.32 Å². The largest absolute Gasteiger partial charge is 0.444 e. The molecule has 1 rings (SSSR count). The highest BCUT2D eigenvalue weighted by molar-refractivity contribution is 7.37. The summed E-state index contributed by atoms with van der Waals surface area (Å²) in [5.74, 6) is 0. The smallest absolute Gasteiger partial charge is 0.411 e. The number of amides is 1. The molecule has 1 aromatic carbocycles. The van der Waals surface area contributed by atoms with Crippen LogP contribution in [0, 0.1) is 0 Å². The second-order valence-corrected chi connectivity index (χ2v) is 4.91. The molecule has 0 saturated carbocycles. The number of nitrogens with one attached hydrogen (secondary N) is 1. The molecule has 2 N–H and O–H groups in total. The highest BCUT2D eigenvalue weighted by Gasteiger charge is 2.02. The average molecular weight is 267 g/mol. The Morgan fingerprint density at radius 1 is 1.44 bits per heavy atom. The van der Waals surface area contributed by atoms with Crippen molar-refractivity contribution in [1.29, 1.82) is 0 Å². The number of benzene rings is 1. The Morgan fingerprint density at radius 3 is 2.83 bits per heavy atom. The molecule has 18 heavy (non-hydrogen) atoms. The van der Waals surface area contributed by atoms with E-state index >= 15 is 0 Å². The van der Waals surface area contributed by atoms with Gasteiger partial charge < -0.3 is 9.84 Å². The normalized spacial score (nSPS) is 11.8. The van der Waals surface area contributed by atoms with Crippen LogP contribution in [0.4, 0.5) is 4.79 Å². The van der Waals surface area contributed by atoms with E-state index in [0.29, 0.717) is 8.58 Å². The average Bonchev–Trinajstić information content (AvgIpc) is 2.38. The van der Waals surface area contributed by atoms with Crippen LogP contribution in [0.2, 0.25) is 0 Å². The minimum atomic E-state index is -0.458. The number of carbonyl (C=O) groups excluding carboxylic acids is 1. The molecule has 1 aromatic rings. The summed E-state index contributed by atoms with van der Waals surface area (Å²) >= 11 is 0. The van der Waals surface area contributed by atoms with Crippen molar-refractivity contribution in [1.82, 2.24) is 5.32 Å². The van der Waals surface area contributed by atoms with Crippen LogP contribution < -0.4 is 5.32 Å². The number of rotatable bonds is 6. The lowest BCUT2D eigenvalue weighted by Crippen LogP contribution is -2.22. The van der Waals surface area contributed by atoms with Gasteiger partial charge in [-0.25, -0.2) is 4.79 Å².